The van der Waals surface area contributed by atoms with E-state index in [1.807, 2.05) is 18.4 Å². The molecule has 0 heterocycles. The molecule has 0 rings (SSSR count). The lowest BCUT2D eigenvalue weighted by Gasteiger charge is -2.04. The highest BCUT2D eigenvalue weighted by Gasteiger charge is 2.00. The lowest BCUT2D eigenvalue weighted by Crippen LogP contribution is -2.02. The minimum absolute atomic E-state index is 0.273. The molecule has 13 heavy (non-hydrogen) atoms. The topological polar surface area (TPSA) is 26.3 Å². The molecule has 0 aliphatic carbocycles. The van der Waals surface area contributed by atoms with Crippen LogP contribution in [-0.4, -0.2) is 24.1 Å². The summed E-state index contributed by atoms with van der Waals surface area (Å²) in [7, 11) is 0. The van der Waals surface area contributed by atoms with E-state index in [2.05, 4.69) is 6.58 Å². The molecule has 0 N–H and O–H groups in total. The van der Waals surface area contributed by atoms with Gasteiger partial charge in [0, 0.05) is 11.3 Å². The van der Waals surface area contributed by atoms with Gasteiger partial charge in [-0.1, -0.05) is 12.2 Å². The van der Waals surface area contributed by atoms with Crippen molar-refractivity contribution in [1.82, 2.24) is 0 Å². The van der Waals surface area contributed by atoms with E-state index in [0.29, 0.717) is 11.9 Å². The van der Waals surface area contributed by atoms with Gasteiger partial charge in [-0.05, 0) is 19.6 Å². The van der Waals surface area contributed by atoms with Gasteiger partial charge in [-0.25, -0.2) is 4.79 Å². The van der Waals surface area contributed by atoms with E-state index in [0.717, 1.165) is 6.42 Å². The van der Waals surface area contributed by atoms with Crippen molar-refractivity contribution in [2.24, 2.45) is 0 Å². The van der Waals surface area contributed by atoms with E-state index in [-0.39, 0.29) is 5.97 Å². The van der Waals surface area contributed by atoms with Crippen molar-refractivity contribution in [2.45, 2.75) is 18.6 Å². The summed E-state index contributed by atoms with van der Waals surface area (Å²) in [5.41, 5.74) is 0. The molecule has 0 spiro atoms. The molecule has 0 fully saturated rings. The summed E-state index contributed by atoms with van der Waals surface area (Å²) in [6.45, 7) is 5.87. The highest BCUT2D eigenvalue weighted by molar-refractivity contribution is 7.99. The highest BCUT2D eigenvalue weighted by Crippen LogP contribution is 2.12. The van der Waals surface area contributed by atoms with Gasteiger partial charge in [0.15, 0.2) is 0 Å². The minimum Gasteiger partial charge on any atom is -0.463 e. The van der Waals surface area contributed by atoms with Gasteiger partial charge in [0.2, 0.25) is 0 Å². The molecule has 0 saturated heterocycles. The van der Waals surface area contributed by atoms with Gasteiger partial charge in [-0.3, -0.25) is 0 Å². The summed E-state index contributed by atoms with van der Waals surface area (Å²) in [4.78, 5) is 10.9. The van der Waals surface area contributed by atoms with Crippen molar-refractivity contribution in [3.8, 4) is 0 Å². The van der Waals surface area contributed by atoms with Crippen LogP contribution >= 0.6 is 11.8 Å². The highest BCUT2D eigenvalue weighted by atomic mass is 32.2. The number of ether oxygens (including phenoxy) is 1. The number of thioether (sulfide) groups is 1. The molecular weight excluding hydrogens is 184 g/mol. The van der Waals surface area contributed by atoms with Gasteiger partial charge in [0.25, 0.3) is 0 Å². The maximum Gasteiger partial charge on any atom is 0.330 e. The van der Waals surface area contributed by atoms with Gasteiger partial charge in [0.1, 0.15) is 0 Å². The summed E-state index contributed by atoms with van der Waals surface area (Å²) < 4.78 is 4.75. The summed E-state index contributed by atoms with van der Waals surface area (Å²) in [5, 5.41) is 0.321. The standard InChI is InChI=1S/C10H16O2S/c1-4-6-9(13-3)7-8-10(11)12-5-2/h4,7-9H,1,5-6H2,2-3H3. The van der Waals surface area contributed by atoms with E-state index < -0.39 is 0 Å². The van der Waals surface area contributed by atoms with Gasteiger partial charge >= 0.3 is 5.97 Å². The second-order valence-electron chi connectivity index (χ2n) is 2.41. The van der Waals surface area contributed by atoms with Crippen molar-refractivity contribution >= 4 is 17.7 Å². The second-order valence-corrected chi connectivity index (χ2v) is 3.49. The Morgan fingerprint density at radius 1 is 1.69 bits per heavy atom. The predicted molar refractivity (Wildman–Crippen MR) is 57.9 cm³/mol. The van der Waals surface area contributed by atoms with Crippen LogP contribution in [-0.2, 0) is 9.53 Å². The summed E-state index contributed by atoms with van der Waals surface area (Å²) >= 11 is 1.69. The van der Waals surface area contributed by atoms with E-state index in [1.165, 1.54) is 6.08 Å². The number of rotatable bonds is 6. The maximum atomic E-state index is 10.9. The Labute approximate surface area is 84.0 Å². The fourth-order valence-corrected chi connectivity index (χ4v) is 1.36. The number of esters is 1. The molecule has 1 atom stereocenters. The van der Waals surface area contributed by atoms with Gasteiger partial charge in [-0.15, -0.1) is 6.58 Å². The average molecular weight is 200 g/mol. The van der Waals surface area contributed by atoms with Crippen molar-refractivity contribution in [1.29, 1.82) is 0 Å². The first-order chi connectivity index (χ1) is 6.24. The van der Waals surface area contributed by atoms with Gasteiger partial charge in [0.05, 0.1) is 6.61 Å². The molecule has 1 unspecified atom stereocenters. The molecule has 0 aromatic heterocycles. The fourth-order valence-electron chi connectivity index (χ4n) is 0.794. The third kappa shape index (κ3) is 6.46. The van der Waals surface area contributed by atoms with Crippen LogP contribution in [0.1, 0.15) is 13.3 Å². The number of carbonyl (C=O) groups is 1. The Bertz CT molecular complexity index is 187. The first kappa shape index (κ1) is 12.3. The monoisotopic (exact) mass is 200 g/mol. The molecule has 0 aliphatic rings. The van der Waals surface area contributed by atoms with Gasteiger partial charge in [-0.2, -0.15) is 11.8 Å². The first-order valence-corrected chi connectivity index (χ1v) is 5.52. The Morgan fingerprint density at radius 3 is 2.85 bits per heavy atom. The molecule has 0 bridgehead atoms. The third-order valence-corrected chi connectivity index (χ3v) is 2.39. The lowest BCUT2D eigenvalue weighted by atomic mass is 10.3. The molecule has 0 saturated carbocycles. The van der Waals surface area contributed by atoms with Crippen LogP contribution in [0.25, 0.3) is 0 Å². The molecule has 0 amide bonds. The summed E-state index contributed by atoms with van der Waals surface area (Å²) in [5.74, 6) is -0.273. The van der Waals surface area contributed by atoms with E-state index in [9.17, 15) is 4.79 Å². The Kier molecular flexibility index (Phi) is 7.50. The lowest BCUT2D eigenvalue weighted by molar-refractivity contribution is -0.137. The Hall–Kier alpha value is -0.700. The average Bonchev–Trinajstić information content (AvgIpc) is 2.12. The summed E-state index contributed by atoms with van der Waals surface area (Å²) in [6.07, 6.45) is 8.05. The number of allylic oxidation sites excluding steroid dienone is 1. The van der Waals surface area contributed by atoms with E-state index in [1.54, 1.807) is 18.7 Å². The molecule has 0 aliphatic heterocycles. The largest absolute Gasteiger partial charge is 0.463 e. The molecule has 3 heteroatoms. The second kappa shape index (κ2) is 7.92. The zero-order chi connectivity index (χ0) is 10.1. The molecular formula is C10H16O2S. The van der Waals surface area contributed by atoms with Crippen LogP contribution in [0, 0.1) is 0 Å². The van der Waals surface area contributed by atoms with Crippen molar-refractivity contribution < 1.29 is 9.53 Å². The molecule has 2 nitrogen and oxygen atoms in total. The Balaban J connectivity index is 3.90. The fraction of sp³-hybridized carbons (Fsp3) is 0.500. The zero-order valence-electron chi connectivity index (χ0n) is 8.16. The minimum atomic E-state index is -0.273. The van der Waals surface area contributed by atoms with Crippen molar-refractivity contribution in [2.75, 3.05) is 12.9 Å². The normalized spacial score (nSPS) is 12.8. The van der Waals surface area contributed by atoms with Crippen LogP contribution < -0.4 is 0 Å². The molecule has 0 aromatic rings. The van der Waals surface area contributed by atoms with Crippen LogP contribution in [0.3, 0.4) is 0 Å². The van der Waals surface area contributed by atoms with Crippen LogP contribution in [0.4, 0.5) is 0 Å². The van der Waals surface area contributed by atoms with Gasteiger partial charge < -0.3 is 4.74 Å². The number of hydrogen-bond acceptors (Lipinski definition) is 3. The zero-order valence-corrected chi connectivity index (χ0v) is 8.97. The molecule has 0 radical (unpaired) electrons. The predicted octanol–water partition coefficient (Wildman–Crippen LogP) is 2.41. The quantitative estimate of drug-likeness (QED) is 0.374. The van der Waals surface area contributed by atoms with Crippen LogP contribution in [0.5, 0.6) is 0 Å². The SMILES string of the molecule is C=CCC(C=CC(=O)OCC)SC. The van der Waals surface area contributed by atoms with Crippen LogP contribution in [0.2, 0.25) is 0 Å². The Morgan fingerprint density at radius 2 is 2.38 bits per heavy atom. The third-order valence-electron chi connectivity index (χ3n) is 1.44. The smallest absolute Gasteiger partial charge is 0.330 e. The maximum absolute atomic E-state index is 10.9. The number of hydrogen-bond donors (Lipinski definition) is 0. The van der Waals surface area contributed by atoms with Crippen molar-refractivity contribution in [3.63, 3.8) is 0 Å². The van der Waals surface area contributed by atoms with Crippen LogP contribution in [0.15, 0.2) is 24.8 Å². The molecule has 0 aromatic carbocycles. The van der Waals surface area contributed by atoms with E-state index >= 15 is 0 Å². The first-order valence-electron chi connectivity index (χ1n) is 4.23. The summed E-state index contributed by atoms with van der Waals surface area (Å²) in [6, 6.07) is 0. The van der Waals surface area contributed by atoms with Crippen molar-refractivity contribution in [3.05, 3.63) is 24.8 Å². The number of carbonyl (C=O) groups excluding carboxylic acids is 1. The van der Waals surface area contributed by atoms with E-state index in [4.69, 9.17) is 4.74 Å². The molecule has 74 valence electrons.